The van der Waals surface area contributed by atoms with Gasteiger partial charge in [0.05, 0.1) is 0 Å². The predicted molar refractivity (Wildman–Crippen MR) is 20.7 cm³/mol. The van der Waals surface area contributed by atoms with E-state index in [0.717, 1.165) is 0 Å². The van der Waals surface area contributed by atoms with Gasteiger partial charge in [0.25, 0.3) is 0 Å². The quantitative estimate of drug-likeness (QED) is 0.161. The van der Waals surface area contributed by atoms with Gasteiger partial charge in [-0.15, -0.1) is 0 Å². The first-order valence-corrected chi connectivity index (χ1v) is 15.8. The molecule has 0 aromatic heterocycles. The first kappa shape index (κ1) is 64.3. The van der Waals surface area contributed by atoms with Crippen molar-refractivity contribution in [1.82, 2.24) is 0 Å². The fourth-order valence-electron chi connectivity index (χ4n) is 0. The van der Waals surface area contributed by atoms with E-state index in [9.17, 15) is 0 Å². The fraction of sp³-hybridized carbons (Fsp3) is 0. The van der Waals surface area contributed by atoms with E-state index in [1.807, 2.05) is 0 Å². The van der Waals surface area contributed by atoms with Crippen LogP contribution < -0.4 is 57.8 Å². The summed E-state index contributed by atoms with van der Waals surface area (Å²) in [5, 5.41) is 0. The molecule has 0 radical (unpaired) electrons. The van der Waals surface area contributed by atoms with E-state index < -0.39 is 108 Å². The van der Waals surface area contributed by atoms with Crippen LogP contribution in [0.5, 0.6) is 0 Å². The van der Waals surface area contributed by atoms with Crippen LogP contribution in [-0.4, -0.2) is 0 Å². The molecule has 0 aliphatic heterocycles. The molecule has 1 unspecified atom stereocenters. The first-order chi connectivity index (χ1) is 12.1. The van der Waals surface area contributed by atoms with E-state index in [4.69, 9.17) is 79.7 Å². The molecule has 31 heavy (non-hydrogen) atoms. The van der Waals surface area contributed by atoms with Gasteiger partial charge in [0.15, 0.2) is 0 Å². The fourth-order valence-corrected chi connectivity index (χ4v) is 0. The second-order valence-corrected chi connectivity index (χ2v) is 6.45. The Hall–Kier alpha value is 3.13. The average Bonchev–Trinajstić information content (AvgIpc) is 2.20. The summed E-state index contributed by atoms with van der Waals surface area (Å²) in [4.78, 5) is 0. The van der Waals surface area contributed by atoms with Crippen LogP contribution in [0.25, 0.3) is 0 Å². The molecule has 0 aliphatic carbocycles. The van der Waals surface area contributed by atoms with Crippen LogP contribution in [-0.2, 0) is 180 Å². The van der Waals surface area contributed by atoms with Crippen LogP contribution in [0.15, 0.2) is 0 Å². The summed E-state index contributed by atoms with van der Waals surface area (Å²) in [5.74, 6) is 0. The second-order valence-electron chi connectivity index (χ2n) is 1.57. The van der Waals surface area contributed by atoms with Crippen molar-refractivity contribution in [2.24, 2.45) is 0 Å². The minimum atomic E-state index is -3.94. The summed E-state index contributed by atoms with van der Waals surface area (Å²) in [6, 6.07) is 0. The molecule has 1 atom stereocenters. The maximum absolute atomic E-state index is 8.56. The van der Waals surface area contributed by atoms with Crippen molar-refractivity contribution in [3.8, 4) is 0 Å². The van der Waals surface area contributed by atoms with E-state index in [1.165, 1.54) is 0 Å². The summed E-state index contributed by atoms with van der Waals surface area (Å²) in [6.45, 7) is 0. The number of hydrogen-bond acceptors (Lipinski definition) is 21. The van der Waals surface area contributed by atoms with Gasteiger partial charge in [-0.25, -0.2) is 0 Å². The van der Waals surface area contributed by atoms with Crippen LogP contribution in [0.3, 0.4) is 0 Å². The Kier molecular flexibility index (Phi) is 122. The molecule has 0 bridgehead atoms. The molecule has 0 aromatic rings. The normalized spacial score (nSPS) is 5.65. The summed E-state index contributed by atoms with van der Waals surface area (Å²) < 4.78 is 180. The summed E-state index contributed by atoms with van der Waals surface area (Å²) in [5.41, 5.74) is 0. The van der Waals surface area contributed by atoms with Crippen molar-refractivity contribution in [3.05, 3.63) is 0 Å². The SMILES string of the molecule is P.[Mo].[Na+].[O]=[V](=[O])[O-].[O]=[V](=[O])[O-].[O]=[V](=[O])[O-].[O]=[V](=[O])[O-].[O]=[V](=[O])[O-].[O]=[V](=[O])[O-].[O]=[V](=[O])[O-]. The van der Waals surface area contributed by atoms with Gasteiger partial charge in [-0.1, -0.05) is 0 Å². The van der Waals surface area contributed by atoms with Crippen LogP contribution >= 0.6 is 9.90 Å². The zero-order chi connectivity index (χ0) is 25.0. The molecule has 31 heteroatoms. The molecule has 182 valence electrons. The molecule has 0 fully saturated rings. The Bertz CT molecular complexity index is 577. The molecule has 0 aliphatic rings. The van der Waals surface area contributed by atoms with Gasteiger partial charge in [-0.3, -0.25) is 0 Å². The molecule has 0 aromatic carbocycles. The van der Waals surface area contributed by atoms with Crippen LogP contribution in [0.2, 0.25) is 0 Å². The van der Waals surface area contributed by atoms with Gasteiger partial charge in [-0.2, -0.15) is 9.90 Å². The Morgan fingerprint density at radius 2 is 0.290 bits per heavy atom. The minimum absolute atomic E-state index is 0. The molecule has 0 amide bonds. The predicted octanol–water partition coefficient (Wildman–Crippen LogP) is -12.9. The Balaban J connectivity index is -0.0000000204. The van der Waals surface area contributed by atoms with Gasteiger partial charge < -0.3 is 0 Å². The van der Waals surface area contributed by atoms with Gasteiger partial charge >= 0.3 is 217 Å². The van der Waals surface area contributed by atoms with Crippen molar-refractivity contribution in [2.45, 2.75) is 0 Å². The van der Waals surface area contributed by atoms with E-state index in [0.29, 0.717) is 0 Å². The average molecular weight is 846 g/mol. The zero-order valence-electron chi connectivity index (χ0n) is 13.8. The third kappa shape index (κ3) is 3280. The topological polar surface area (TPSA) is 400 Å². The van der Waals surface area contributed by atoms with Crippen molar-refractivity contribution in [2.75, 3.05) is 0 Å². The Morgan fingerprint density at radius 3 is 0.290 bits per heavy atom. The van der Waals surface area contributed by atoms with E-state index in [1.54, 1.807) is 0 Å². The first-order valence-electron chi connectivity index (χ1n) is 3.83. The molecular formula is H3MoNaO21PV7-6. The molecular weight excluding hydrogens is 842 g/mol. The number of hydrogen-bond donors (Lipinski definition) is 0. The molecule has 0 rings (SSSR count). The second kappa shape index (κ2) is 58.7. The monoisotopic (exact) mass is 847 g/mol. The van der Waals surface area contributed by atoms with Crippen molar-refractivity contribution in [1.29, 1.82) is 0 Å². The van der Waals surface area contributed by atoms with Crippen LogP contribution in [0.4, 0.5) is 0 Å². The Morgan fingerprint density at radius 1 is 0.290 bits per heavy atom. The van der Waals surface area contributed by atoms with Gasteiger partial charge in [0.2, 0.25) is 0 Å². The maximum atomic E-state index is 8.56. The molecule has 0 heterocycles. The van der Waals surface area contributed by atoms with Gasteiger partial charge in [0, 0.05) is 21.1 Å². The third-order valence-corrected chi connectivity index (χ3v) is 0. The van der Waals surface area contributed by atoms with Gasteiger partial charge in [-0.05, 0) is 0 Å². The molecule has 0 saturated carbocycles. The van der Waals surface area contributed by atoms with Crippen molar-refractivity contribution >= 4 is 9.90 Å². The van der Waals surface area contributed by atoms with Crippen LogP contribution in [0.1, 0.15) is 0 Å². The van der Waals surface area contributed by atoms with Crippen molar-refractivity contribution in [3.63, 3.8) is 0 Å². The molecule has 21 nitrogen and oxygen atoms in total. The molecule has 0 spiro atoms. The number of rotatable bonds is 0. The van der Waals surface area contributed by atoms with E-state index >= 15 is 0 Å². The summed E-state index contributed by atoms with van der Waals surface area (Å²) in [6.07, 6.45) is 0. The summed E-state index contributed by atoms with van der Waals surface area (Å²) >= 11 is -27.6. The van der Waals surface area contributed by atoms with Crippen molar-refractivity contribution < 1.29 is 238 Å². The summed E-state index contributed by atoms with van der Waals surface area (Å²) in [7, 11) is 0. The van der Waals surface area contributed by atoms with Crippen LogP contribution in [0, 0.1) is 0 Å². The zero-order valence-corrected chi connectivity index (χ0v) is 29.0. The Labute approximate surface area is 244 Å². The van der Waals surface area contributed by atoms with E-state index in [-0.39, 0.29) is 60.5 Å². The van der Waals surface area contributed by atoms with Gasteiger partial charge in [0.1, 0.15) is 0 Å². The molecule has 0 saturated heterocycles. The van der Waals surface area contributed by atoms with E-state index in [2.05, 4.69) is 0 Å². The third-order valence-electron chi connectivity index (χ3n) is 0. The standard InChI is InChI=1S/Mo.Na.21O.H3P.7V/h;;;;;;;;;;;;;;;;;;;;;;;1H3;;;;;;;/q;+1;;;;;;;;;;;;;;;7*-1;;;;;;;;. The molecule has 0 N–H and O–H groups in total.